The second-order valence-electron chi connectivity index (χ2n) is 4.83. The second-order valence-corrected chi connectivity index (χ2v) is 4.83. The van der Waals surface area contributed by atoms with Crippen LogP contribution in [0.4, 0.5) is 0 Å². The molecule has 2 heteroatoms. The van der Waals surface area contributed by atoms with Crippen molar-refractivity contribution >= 4 is 16.6 Å². The van der Waals surface area contributed by atoms with Crippen LogP contribution in [0.1, 0.15) is 15.9 Å². The average molecular weight is 262 g/mol. The number of carbonyl (C=O) groups excluding carboxylic acids is 1. The summed E-state index contributed by atoms with van der Waals surface area (Å²) in [7, 11) is 0. The van der Waals surface area contributed by atoms with Gasteiger partial charge < -0.3 is 5.11 Å². The van der Waals surface area contributed by atoms with E-state index in [4.69, 9.17) is 0 Å². The summed E-state index contributed by atoms with van der Waals surface area (Å²) >= 11 is 0. The molecule has 0 atom stereocenters. The van der Waals surface area contributed by atoms with Crippen LogP contribution in [0.25, 0.3) is 10.8 Å². The molecule has 0 spiro atoms. The minimum Gasteiger partial charge on any atom is -0.508 e. The van der Waals surface area contributed by atoms with Gasteiger partial charge in [0.1, 0.15) is 5.75 Å². The molecule has 98 valence electrons. The summed E-state index contributed by atoms with van der Waals surface area (Å²) < 4.78 is 0. The summed E-state index contributed by atoms with van der Waals surface area (Å²) in [6.07, 6.45) is 0.346. The Kier molecular flexibility index (Phi) is 3.21. The Labute approximate surface area is 117 Å². The molecule has 0 radical (unpaired) electrons. The van der Waals surface area contributed by atoms with Crippen molar-refractivity contribution in [3.05, 3.63) is 77.9 Å². The number of benzene rings is 3. The fourth-order valence-electron chi connectivity index (χ4n) is 2.26. The first-order chi connectivity index (χ1) is 9.72. The minimum absolute atomic E-state index is 0.0847. The van der Waals surface area contributed by atoms with Gasteiger partial charge in [-0.2, -0.15) is 0 Å². The fraction of sp³-hybridized carbons (Fsp3) is 0.0556. The lowest BCUT2D eigenvalue weighted by Crippen LogP contribution is -2.03. The number of rotatable bonds is 3. The number of fused-ring (bicyclic) bond motifs is 1. The van der Waals surface area contributed by atoms with Crippen molar-refractivity contribution in [3.8, 4) is 5.75 Å². The predicted octanol–water partition coefficient (Wildman–Crippen LogP) is 3.97. The standard InChI is InChI=1S/C18H14O2/c19-17-9-5-13(6-10-17)11-18(20)16-8-7-14-3-1-2-4-15(14)12-16/h1-10,12,19H,11H2. The van der Waals surface area contributed by atoms with Crippen molar-refractivity contribution in [1.82, 2.24) is 0 Å². The van der Waals surface area contributed by atoms with Crippen molar-refractivity contribution in [3.63, 3.8) is 0 Å². The van der Waals surface area contributed by atoms with Gasteiger partial charge in [0.15, 0.2) is 5.78 Å². The van der Waals surface area contributed by atoms with E-state index in [1.165, 1.54) is 0 Å². The number of hydrogen-bond acceptors (Lipinski definition) is 2. The maximum atomic E-state index is 12.3. The summed E-state index contributed by atoms with van der Waals surface area (Å²) in [6.45, 7) is 0. The lowest BCUT2D eigenvalue weighted by Gasteiger charge is -2.04. The maximum Gasteiger partial charge on any atom is 0.167 e. The third-order valence-electron chi connectivity index (χ3n) is 3.37. The molecule has 0 bridgehead atoms. The number of hydrogen-bond donors (Lipinski definition) is 1. The lowest BCUT2D eigenvalue weighted by molar-refractivity contribution is 0.0993. The van der Waals surface area contributed by atoms with Crippen molar-refractivity contribution in [2.24, 2.45) is 0 Å². The van der Waals surface area contributed by atoms with Crippen LogP contribution in [0.5, 0.6) is 5.75 Å². The van der Waals surface area contributed by atoms with Gasteiger partial charge in [0.2, 0.25) is 0 Å². The van der Waals surface area contributed by atoms with E-state index >= 15 is 0 Å². The summed E-state index contributed by atoms with van der Waals surface area (Å²) in [5.74, 6) is 0.299. The Balaban J connectivity index is 1.86. The summed E-state index contributed by atoms with van der Waals surface area (Å²) in [6, 6.07) is 20.5. The van der Waals surface area contributed by atoms with Crippen LogP contribution < -0.4 is 0 Å². The lowest BCUT2D eigenvalue weighted by atomic mass is 10.00. The largest absolute Gasteiger partial charge is 0.508 e. The first-order valence-electron chi connectivity index (χ1n) is 6.52. The topological polar surface area (TPSA) is 37.3 Å². The first-order valence-corrected chi connectivity index (χ1v) is 6.52. The minimum atomic E-state index is 0.0847. The van der Waals surface area contributed by atoms with E-state index in [9.17, 15) is 9.90 Å². The van der Waals surface area contributed by atoms with E-state index in [2.05, 4.69) is 0 Å². The van der Waals surface area contributed by atoms with Crippen LogP contribution in [0.3, 0.4) is 0 Å². The second kappa shape index (κ2) is 5.17. The molecule has 3 aromatic carbocycles. The van der Waals surface area contributed by atoms with Crippen molar-refractivity contribution < 1.29 is 9.90 Å². The Morgan fingerprint density at radius 2 is 1.55 bits per heavy atom. The first kappa shape index (κ1) is 12.4. The normalized spacial score (nSPS) is 10.6. The van der Waals surface area contributed by atoms with Gasteiger partial charge in [-0.05, 0) is 34.5 Å². The van der Waals surface area contributed by atoms with Gasteiger partial charge in [-0.25, -0.2) is 0 Å². The molecule has 0 aliphatic carbocycles. The van der Waals surface area contributed by atoms with Crippen molar-refractivity contribution in [2.75, 3.05) is 0 Å². The highest BCUT2D eigenvalue weighted by Crippen LogP contribution is 2.18. The molecule has 20 heavy (non-hydrogen) atoms. The van der Waals surface area contributed by atoms with Gasteiger partial charge in [0.25, 0.3) is 0 Å². The van der Waals surface area contributed by atoms with Crippen LogP contribution in [-0.4, -0.2) is 10.9 Å². The van der Waals surface area contributed by atoms with Crippen LogP contribution >= 0.6 is 0 Å². The van der Waals surface area contributed by atoms with Gasteiger partial charge in [-0.3, -0.25) is 4.79 Å². The molecule has 3 aromatic rings. The molecule has 0 saturated carbocycles. The SMILES string of the molecule is O=C(Cc1ccc(O)cc1)c1ccc2ccccc2c1. The van der Waals surface area contributed by atoms with Gasteiger partial charge >= 0.3 is 0 Å². The predicted molar refractivity (Wildman–Crippen MR) is 80.1 cm³/mol. The number of Topliss-reactive ketones (excluding diaryl/α,β-unsaturated/α-hetero) is 1. The van der Waals surface area contributed by atoms with E-state index in [0.717, 1.165) is 21.9 Å². The molecule has 3 rings (SSSR count). The van der Waals surface area contributed by atoms with E-state index in [1.807, 2.05) is 42.5 Å². The highest BCUT2D eigenvalue weighted by molar-refractivity contribution is 6.01. The third kappa shape index (κ3) is 2.54. The zero-order chi connectivity index (χ0) is 13.9. The van der Waals surface area contributed by atoms with Gasteiger partial charge in [-0.15, -0.1) is 0 Å². The Hall–Kier alpha value is -2.61. The monoisotopic (exact) mass is 262 g/mol. The fourth-order valence-corrected chi connectivity index (χ4v) is 2.26. The van der Waals surface area contributed by atoms with E-state index < -0.39 is 0 Å². The average Bonchev–Trinajstić information content (AvgIpc) is 2.49. The van der Waals surface area contributed by atoms with Gasteiger partial charge in [0, 0.05) is 12.0 Å². The van der Waals surface area contributed by atoms with Crippen LogP contribution in [-0.2, 0) is 6.42 Å². The van der Waals surface area contributed by atoms with E-state index in [1.54, 1.807) is 24.3 Å². The molecule has 0 aliphatic rings. The molecular formula is C18H14O2. The molecular weight excluding hydrogens is 248 g/mol. The molecule has 0 fully saturated rings. The molecule has 0 heterocycles. The molecule has 2 nitrogen and oxygen atoms in total. The molecule has 0 unspecified atom stereocenters. The summed E-state index contributed by atoms with van der Waals surface area (Å²) in [5.41, 5.74) is 1.62. The molecule has 0 saturated heterocycles. The summed E-state index contributed by atoms with van der Waals surface area (Å²) in [4.78, 5) is 12.3. The van der Waals surface area contributed by atoms with Crippen LogP contribution in [0, 0.1) is 0 Å². The number of aromatic hydroxyl groups is 1. The number of carbonyl (C=O) groups is 1. The summed E-state index contributed by atoms with van der Waals surface area (Å²) in [5, 5.41) is 11.4. The zero-order valence-electron chi connectivity index (χ0n) is 10.9. The highest BCUT2D eigenvalue weighted by atomic mass is 16.3. The number of ketones is 1. The molecule has 1 N–H and O–H groups in total. The molecule has 0 aliphatic heterocycles. The molecule has 0 amide bonds. The van der Waals surface area contributed by atoms with Crippen molar-refractivity contribution in [1.29, 1.82) is 0 Å². The smallest absolute Gasteiger partial charge is 0.167 e. The Bertz CT molecular complexity index is 758. The quantitative estimate of drug-likeness (QED) is 0.725. The van der Waals surface area contributed by atoms with Gasteiger partial charge in [-0.1, -0.05) is 48.5 Å². The van der Waals surface area contributed by atoms with Crippen LogP contribution in [0.15, 0.2) is 66.7 Å². The Morgan fingerprint density at radius 3 is 2.30 bits per heavy atom. The number of phenolic OH excluding ortho intramolecular Hbond substituents is 1. The Morgan fingerprint density at radius 1 is 0.850 bits per heavy atom. The third-order valence-corrected chi connectivity index (χ3v) is 3.37. The van der Waals surface area contributed by atoms with E-state index in [-0.39, 0.29) is 11.5 Å². The van der Waals surface area contributed by atoms with E-state index in [0.29, 0.717) is 6.42 Å². The van der Waals surface area contributed by atoms with Gasteiger partial charge in [0.05, 0.1) is 0 Å². The highest BCUT2D eigenvalue weighted by Gasteiger charge is 2.07. The maximum absolute atomic E-state index is 12.3. The van der Waals surface area contributed by atoms with Crippen LogP contribution in [0.2, 0.25) is 0 Å². The number of phenols is 1. The van der Waals surface area contributed by atoms with Crippen molar-refractivity contribution in [2.45, 2.75) is 6.42 Å². The molecule has 0 aromatic heterocycles. The zero-order valence-corrected chi connectivity index (χ0v) is 10.9.